The molecule has 35 heavy (non-hydrogen) atoms. The number of hydrogen-bond donors (Lipinski definition) is 3. The predicted octanol–water partition coefficient (Wildman–Crippen LogP) is 4.15. The van der Waals surface area contributed by atoms with E-state index in [4.69, 9.17) is 4.74 Å². The first-order chi connectivity index (χ1) is 17.0. The fraction of sp³-hybridized carbons (Fsp3) is 0.107. The number of carbonyl (C=O) groups is 3. The van der Waals surface area contributed by atoms with Crippen LogP contribution in [0.4, 0.5) is 5.69 Å². The van der Waals surface area contributed by atoms with Crippen molar-refractivity contribution in [3.05, 3.63) is 108 Å². The summed E-state index contributed by atoms with van der Waals surface area (Å²) in [5.41, 5.74) is 2.35. The van der Waals surface area contributed by atoms with Crippen LogP contribution in [0.5, 0.6) is 5.75 Å². The number of rotatable bonds is 8. The number of anilines is 1. The van der Waals surface area contributed by atoms with Gasteiger partial charge in [0.15, 0.2) is 6.61 Å². The van der Waals surface area contributed by atoms with Crippen LogP contribution in [0.1, 0.15) is 26.3 Å². The summed E-state index contributed by atoms with van der Waals surface area (Å²) in [6.45, 7) is 0.0903. The maximum atomic E-state index is 13.0. The highest BCUT2D eigenvalue weighted by molar-refractivity contribution is 6.02. The van der Waals surface area contributed by atoms with Crippen molar-refractivity contribution in [2.75, 3.05) is 19.0 Å². The van der Waals surface area contributed by atoms with Crippen molar-refractivity contribution >= 4 is 34.2 Å². The third-order valence-electron chi connectivity index (χ3n) is 5.41. The molecule has 3 amide bonds. The second-order valence-electron chi connectivity index (χ2n) is 7.86. The largest absolute Gasteiger partial charge is 0.483 e. The van der Waals surface area contributed by atoms with E-state index in [1.807, 2.05) is 54.6 Å². The molecule has 0 unspecified atom stereocenters. The van der Waals surface area contributed by atoms with Gasteiger partial charge in [0.05, 0.1) is 5.56 Å². The van der Waals surface area contributed by atoms with Crippen LogP contribution in [0.2, 0.25) is 0 Å². The molecule has 7 heteroatoms. The van der Waals surface area contributed by atoms with E-state index in [0.717, 1.165) is 16.3 Å². The molecule has 0 saturated heterocycles. The lowest BCUT2D eigenvalue weighted by atomic mass is 10.1. The van der Waals surface area contributed by atoms with Crippen LogP contribution >= 0.6 is 0 Å². The lowest BCUT2D eigenvalue weighted by Gasteiger charge is -2.14. The molecule has 0 aliphatic carbocycles. The minimum atomic E-state index is -0.388. The minimum Gasteiger partial charge on any atom is -0.483 e. The Hall–Kier alpha value is -4.65. The third-order valence-corrected chi connectivity index (χ3v) is 5.41. The van der Waals surface area contributed by atoms with Gasteiger partial charge >= 0.3 is 0 Å². The van der Waals surface area contributed by atoms with Crippen molar-refractivity contribution in [3.8, 4) is 5.75 Å². The highest BCUT2D eigenvalue weighted by atomic mass is 16.5. The smallest absolute Gasteiger partial charge is 0.262 e. The number of ether oxygens (including phenoxy) is 1. The van der Waals surface area contributed by atoms with Crippen molar-refractivity contribution < 1.29 is 19.1 Å². The zero-order chi connectivity index (χ0) is 24.6. The van der Waals surface area contributed by atoms with Crippen molar-refractivity contribution in [1.29, 1.82) is 0 Å². The second kappa shape index (κ2) is 11.0. The number of fused-ring (bicyclic) bond motifs is 1. The maximum Gasteiger partial charge on any atom is 0.262 e. The van der Waals surface area contributed by atoms with Gasteiger partial charge in [-0.1, -0.05) is 54.6 Å². The molecule has 4 aromatic carbocycles. The molecule has 4 aromatic rings. The molecule has 7 nitrogen and oxygen atoms in total. The van der Waals surface area contributed by atoms with Crippen LogP contribution in [-0.4, -0.2) is 31.4 Å². The average molecular weight is 468 g/mol. The van der Waals surface area contributed by atoms with Crippen molar-refractivity contribution in [1.82, 2.24) is 10.6 Å². The van der Waals surface area contributed by atoms with Crippen LogP contribution in [-0.2, 0) is 11.3 Å². The molecule has 0 atom stereocenters. The summed E-state index contributed by atoms with van der Waals surface area (Å²) >= 11 is 0. The monoisotopic (exact) mass is 467 g/mol. The maximum absolute atomic E-state index is 13.0. The first-order valence-electron chi connectivity index (χ1n) is 11.1. The lowest BCUT2D eigenvalue weighted by Crippen LogP contribution is -2.25. The predicted molar refractivity (Wildman–Crippen MR) is 136 cm³/mol. The van der Waals surface area contributed by atoms with Gasteiger partial charge in [0, 0.05) is 24.8 Å². The topological polar surface area (TPSA) is 96.5 Å². The molecule has 176 valence electrons. The highest BCUT2D eigenvalue weighted by Crippen LogP contribution is 2.26. The number of benzene rings is 4. The standard InChI is InChI=1S/C28H25N3O4/c1-29-27(33)20-11-13-23(14-12-20)31-26(32)18-35-25-16-22-10-6-5-9-21(22)15-24(25)28(34)30-17-19-7-3-2-4-8-19/h2-16H,17-18H2,1H3,(H,29,33)(H,30,34)(H,31,32). The second-order valence-corrected chi connectivity index (χ2v) is 7.86. The number of amides is 3. The van der Waals surface area contributed by atoms with Gasteiger partial charge < -0.3 is 20.7 Å². The van der Waals surface area contributed by atoms with Crippen molar-refractivity contribution in [3.63, 3.8) is 0 Å². The summed E-state index contributed by atoms with van der Waals surface area (Å²) in [5, 5.41) is 9.98. The third kappa shape index (κ3) is 6.03. The van der Waals surface area contributed by atoms with E-state index in [1.165, 1.54) is 0 Å². The van der Waals surface area contributed by atoms with Gasteiger partial charge in [-0.2, -0.15) is 0 Å². The van der Waals surface area contributed by atoms with Gasteiger partial charge in [0.2, 0.25) is 0 Å². The molecule has 0 fully saturated rings. The summed E-state index contributed by atoms with van der Waals surface area (Å²) in [5.74, 6) is -0.568. The Balaban J connectivity index is 1.46. The number of nitrogens with one attached hydrogen (secondary N) is 3. The van der Waals surface area contributed by atoms with Crippen LogP contribution in [0.15, 0.2) is 91.0 Å². The van der Waals surface area contributed by atoms with Gasteiger partial charge in [0.25, 0.3) is 17.7 Å². The summed E-state index contributed by atoms with van der Waals surface area (Å²) in [4.78, 5) is 37.2. The van der Waals surface area contributed by atoms with Gasteiger partial charge in [0.1, 0.15) is 5.75 Å². The van der Waals surface area contributed by atoms with Crippen molar-refractivity contribution in [2.24, 2.45) is 0 Å². The average Bonchev–Trinajstić information content (AvgIpc) is 2.90. The molecule has 0 spiro atoms. The molecule has 0 heterocycles. The van der Waals surface area contributed by atoms with Crippen LogP contribution in [0.3, 0.4) is 0 Å². The zero-order valence-electron chi connectivity index (χ0n) is 19.2. The SMILES string of the molecule is CNC(=O)c1ccc(NC(=O)COc2cc3ccccc3cc2C(=O)NCc2ccccc2)cc1. The summed E-state index contributed by atoms with van der Waals surface area (Å²) < 4.78 is 5.79. The Labute approximate surface area is 203 Å². The molecular weight excluding hydrogens is 442 g/mol. The minimum absolute atomic E-state index is 0.208. The van der Waals surface area contributed by atoms with Crippen LogP contribution in [0.25, 0.3) is 10.8 Å². The van der Waals surface area contributed by atoms with E-state index in [0.29, 0.717) is 29.1 Å². The lowest BCUT2D eigenvalue weighted by molar-refractivity contribution is -0.118. The summed E-state index contributed by atoms with van der Waals surface area (Å²) in [7, 11) is 1.55. The highest BCUT2D eigenvalue weighted by Gasteiger charge is 2.16. The number of hydrogen-bond acceptors (Lipinski definition) is 4. The van der Waals surface area contributed by atoms with E-state index in [-0.39, 0.29) is 24.3 Å². The Bertz CT molecular complexity index is 1350. The number of carbonyl (C=O) groups excluding carboxylic acids is 3. The molecule has 0 saturated carbocycles. The van der Waals surface area contributed by atoms with Crippen molar-refractivity contribution in [2.45, 2.75) is 6.54 Å². The normalized spacial score (nSPS) is 10.4. The fourth-order valence-electron chi connectivity index (χ4n) is 3.58. The summed E-state index contributed by atoms with van der Waals surface area (Å²) in [6, 6.07) is 27.3. The van der Waals surface area contributed by atoms with Crippen LogP contribution < -0.4 is 20.7 Å². The van der Waals surface area contributed by atoms with Gasteiger partial charge in [-0.15, -0.1) is 0 Å². The summed E-state index contributed by atoms with van der Waals surface area (Å²) in [6.07, 6.45) is 0. The van der Waals surface area contributed by atoms with Crippen LogP contribution in [0, 0.1) is 0 Å². The Morgan fingerprint density at radius 2 is 1.43 bits per heavy atom. The molecule has 0 aliphatic rings. The molecular formula is C28H25N3O4. The molecule has 3 N–H and O–H groups in total. The Morgan fingerprint density at radius 3 is 2.11 bits per heavy atom. The van der Waals surface area contributed by atoms with E-state index in [1.54, 1.807) is 43.4 Å². The van der Waals surface area contributed by atoms with E-state index >= 15 is 0 Å². The van der Waals surface area contributed by atoms with Gasteiger partial charge in [-0.25, -0.2) is 0 Å². The van der Waals surface area contributed by atoms with E-state index in [2.05, 4.69) is 16.0 Å². The van der Waals surface area contributed by atoms with Gasteiger partial charge in [-0.3, -0.25) is 14.4 Å². The van der Waals surface area contributed by atoms with E-state index in [9.17, 15) is 14.4 Å². The quantitative estimate of drug-likeness (QED) is 0.363. The molecule has 4 rings (SSSR count). The van der Waals surface area contributed by atoms with E-state index < -0.39 is 0 Å². The molecule has 0 aliphatic heterocycles. The molecule has 0 aromatic heterocycles. The Morgan fingerprint density at radius 1 is 0.771 bits per heavy atom. The zero-order valence-corrected chi connectivity index (χ0v) is 19.2. The van der Waals surface area contributed by atoms with Gasteiger partial charge in [-0.05, 0) is 52.7 Å². The Kier molecular flexibility index (Phi) is 7.37. The first-order valence-corrected chi connectivity index (χ1v) is 11.1. The molecule has 0 bridgehead atoms. The fourth-order valence-corrected chi connectivity index (χ4v) is 3.58. The first kappa shape index (κ1) is 23.5. The molecule has 0 radical (unpaired) electrons.